The largest absolute Gasteiger partial charge is 0.481 e. The summed E-state index contributed by atoms with van der Waals surface area (Å²) in [6.45, 7) is 6.84. The van der Waals surface area contributed by atoms with E-state index in [4.69, 9.17) is 4.74 Å². The number of rotatable bonds is 5. The number of benzene rings is 2. The molecule has 3 aliphatic rings. The van der Waals surface area contributed by atoms with Gasteiger partial charge >= 0.3 is 12.1 Å². The predicted octanol–water partition coefficient (Wildman–Crippen LogP) is 4.12. The van der Waals surface area contributed by atoms with Gasteiger partial charge in [-0.3, -0.25) is 9.59 Å². The van der Waals surface area contributed by atoms with Gasteiger partial charge in [-0.1, -0.05) is 69.3 Å². The van der Waals surface area contributed by atoms with Gasteiger partial charge in [0.05, 0.1) is 5.92 Å². The number of aliphatic carboxylic acids is 1. The summed E-state index contributed by atoms with van der Waals surface area (Å²) in [6, 6.07) is 15.5. The van der Waals surface area contributed by atoms with Crippen molar-refractivity contribution >= 4 is 18.0 Å². The maximum absolute atomic E-state index is 13.4. The van der Waals surface area contributed by atoms with Crippen LogP contribution >= 0.6 is 0 Å². The summed E-state index contributed by atoms with van der Waals surface area (Å²) in [6.07, 6.45) is 0.0692. The number of fused-ring (bicyclic) bond motifs is 4. The fourth-order valence-electron chi connectivity index (χ4n) is 5.89. The SMILES string of the molecule is CC(C)(C)[C@H](NC(=O)OCC1c2ccccc2-c2ccccc21)C(=O)N1CCC2C(C1)C2C(=O)O. The van der Waals surface area contributed by atoms with E-state index in [9.17, 15) is 19.5 Å². The van der Waals surface area contributed by atoms with E-state index in [-0.39, 0.29) is 36.2 Å². The van der Waals surface area contributed by atoms with E-state index in [1.807, 2.05) is 45.0 Å². The lowest BCUT2D eigenvalue weighted by Gasteiger charge is -2.36. The van der Waals surface area contributed by atoms with Gasteiger partial charge < -0.3 is 20.1 Å². The van der Waals surface area contributed by atoms with Gasteiger partial charge in [-0.2, -0.15) is 0 Å². The Kier molecular flexibility index (Phi) is 5.82. The molecule has 35 heavy (non-hydrogen) atoms. The Balaban J connectivity index is 1.25. The summed E-state index contributed by atoms with van der Waals surface area (Å²) >= 11 is 0. The van der Waals surface area contributed by atoms with Crippen molar-refractivity contribution in [2.45, 2.75) is 39.2 Å². The Morgan fingerprint density at radius 2 is 1.63 bits per heavy atom. The molecule has 0 bridgehead atoms. The number of likely N-dealkylation sites (tertiary alicyclic amines) is 1. The van der Waals surface area contributed by atoms with E-state index in [1.54, 1.807) is 4.90 Å². The lowest BCUT2D eigenvalue weighted by Crippen LogP contribution is -2.56. The molecule has 2 aromatic carbocycles. The van der Waals surface area contributed by atoms with Crippen LogP contribution in [-0.4, -0.2) is 53.7 Å². The number of piperidine rings is 1. The molecule has 2 N–H and O–H groups in total. The van der Waals surface area contributed by atoms with Gasteiger partial charge in [0.1, 0.15) is 12.6 Å². The lowest BCUT2D eigenvalue weighted by atomic mass is 9.85. The zero-order valence-electron chi connectivity index (χ0n) is 20.4. The van der Waals surface area contributed by atoms with E-state index in [2.05, 4.69) is 29.6 Å². The number of carboxylic acids is 1. The molecule has 3 unspecified atom stereocenters. The highest BCUT2D eigenvalue weighted by molar-refractivity contribution is 5.87. The smallest absolute Gasteiger partial charge is 0.407 e. The zero-order valence-corrected chi connectivity index (χ0v) is 20.4. The molecule has 7 nitrogen and oxygen atoms in total. The third-order valence-electron chi connectivity index (χ3n) is 7.81. The summed E-state index contributed by atoms with van der Waals surface area (Å²) in [7, 11) is 0. The van der Waals surface area contributed by atoms with Crippen molar-refractivity contribution in [2.24, 2.45) is 23.2 Å². The van der Waals surface area contributed by atoms with Crippen LogP contribution in [0.25, 0.3) is 11.1 Å². The second-order valence-electron chi connectivity index (χ2n) is 11.0. The molecule has 2 amide bonds. The van der Waals surface area contributed by atoms with Crippen LogP contribution in [-0.2, 0) is 14.3 Å². The molecule has 2 fully saturated rings. The summed E-state index contributed by atoms with van der Waals surface area (Å²) in [5.41, 5.74) is 4.04. The number of amides is 2. The minimum absolute atomic E-state index is 0.0141. The molecule has 0 radical (unpaired) electrons. The molecule has 0 aromatic heterocycles. The van der Waals surface area contributed by atoms with Gasteiger partial charge in [0.25, 0.3) is 0 Å². The quantitative estimate of drug-likeness (QED) is 0.677. The topological polar surface area (TPSA) is 95.9 Å². The number of nitrogens with zero attached hydrogens (tertiary/aromatic N) is 1. The van der Waals surface area contributed by atoms with Crippen molar-refractivity contribution in [1.29, 1.82) is 0 Å². The molecule has 2 aliphatic carbocycles. The Hall–Kier alpha value is -3.35. The Bertz CT molecular complexity index is 1120. The number of ether oxygens (including phenoxy) is 1. The van der Waals surface area contributed by atoms with Gasteiger partial charge in [0.15, 0.2) is 0 Å². The van der Waals surface area contributed by atoms with Crippen LogP contribution in [0.3, 0.4) is 0 Å². The number of hydrogen-bond acceptors (Lipinski definition) is 4. The molecule has 7 heteroatoms. The Morgan fingerprint density at radius 1 is 1.03 bits per heavy atom. The number of hydrogen-bond donors (Lipinski definition) is 2. The fourth-order valence-corrected chi connectivity index (χ4v) is 5.89. The zero-order chi connectivity index (χ0) is 24.9. The molecular weight excluding hydrogens is 444 g/mol. The van der Waals surface area contributed by atoms with E-state index < -0.39 is 23.5 Å². The normalized spacial score (nSPS) is 23.5. The van der Waals surface area contributed by atoms with Crippen LogP contribution in [0.4, 0.5) is 4.79 Å². The summed E-state index contributed by atoms with van der Waals surface area (Å²) in [5, 5.41) is 12.2. The maximum Gasteiger partial charge on any atom is 0.407 e. The van der Waals surface area contributed by atoms with E-state index >= 15 is 0 Å². The van der Waals surface area contributed by atoms with Crippen molar-refractivity contribution in [2.75, 3.05) is 19.7 Å². The number of nitrogens with one attached hydrogen (secondary N) is 1. The van der Waals surface area contributed by atoms with Gasteiger partial charge in [0.2, 0.25) is 5.91 Å². The fraction of sp³-hybridized carbons (Fsp3) is 0.464. The van der Waals surface area contributed by atoms with Gasteiger partial charge in [-0.05, 0) is 45.9 Å². The van der Waals surface area contributed by atoms with Crippen molar-refractivity contribution in [3.8, 4) is 11.1 Å². The third kappa shape index (κ3) is 4.28. The van der Waals surface area contributed by atoms with E-state index in [0.717, 1.165) is 22.3 Å². The summed E-state index contributed by atoms with van der Waals surface area (Å²) in [5.74, 6) is -1.19. The third-order valence-corrected chi connectivity index (χ3v) is 7.81. The highest BCUT2D eigenvalue weighted by Gasteiger charge is 2.58. The first-order valence-corrected chi connectivity index (χ1v) is 12.3. The van der Waals surface area contributed by atoms with Crippen LogP contribution in [0, 0.1) is 23.2 Å². The lowest BCUT2D eigenvalue weighted by molar-refractivity contribution is -0.140. The van der Waals surface area contributed by atoms with Gasteiger partial charge in [-0.25, -0.2) is 4.79 Å². The Morgan fingerprint density at radius 3 is 2.20 bits per heavy atom. The second-order valence-corrected chi connectivity index (χ2v) is 11.0. The number of carbonyl (C=O) groups excluding carboxylic acids is 2. The monoisotopic (exact) mass is 476 g/mol. The van der Waals surface area contributed by atoms with Crippen molar-refractivity contribution in [3.63, 3.8) is 0 Å². The molecule has 1 saturated heterocycles. The van der Waals surface area contributed by atoms with Crippen molar-refractivity contribution < 1.29 is 24.2 Å². The van der Waals surface area contributed by atoms with Crippen LogP contribution < -0.4 is 5.32 Å². The van der Waals surface area contributed by atoms with E-state index in [1.165, 1.54) is 0 Å². The molecule has 5 rings (SSSR count). The maximum atomic E-state index is 13.4. The standard InChI is InChI=1S/C28H32N2O5/c1-28(2,3)24(25(31)30-13-12-20-21(14-30)23(20)26(32)33)29-27(34)35-15-22-18-10-6-4-8-16(18)17-9-5-7-11-19(17)22/h4-11,20-24H,12-15H2,1-3H3,(H,29,34)(H,32,33)/t20?,21?,23?,24-/m1/s1. The number of alkyl carbamates (subject to hydrolysis) is 1. The molecule has 0 spiro atoms. The average Bonchev–Trinajstić information content (AvgIpc) is 3.47. The number of carboxylic acid groups (broad SMARTS) is 1. The second kappa shape index (κ2) is 8.70. The molecule has 2 aromatic rings. The summed E-state index contributed by atoms with van der Waals surface area (Å²) < 4.78 is 5.68. The van der Waals surface area contributed by atoms with Crippen LogP contribution in [0.1, 0.15) is 44.2 Å². The van der Waals surface area contributed by atoms with Gasteiger partial charge in [0, 0.05) is 19.0 Å². The highest BCUT2D eigenvalue weighted by atomic mass is 16.5. The van der Waals surface area contributed by atoms with Crippen molar-refractivity contribution in [3.05, 3.63) is 59.7 Å². The minimum Gasteiger partial charge on any atom is -0.481 e. The highest BCUT2D eigenvalue weighted by Crippen LogP contribution is 2.52. The first kappa shape index (κ1) is 23.4. The predicted molar refractivity (Wildman–Crippen MR) is 131 cm³/mol. The van der Waals surface area contributed by atoms with Crippen LogP contribution in [0.2, 0.25) is 0 Å². The molecule has 184 valence electrons. The first-order valence-electron chi connectivity index (χ1n) is 12.3. The molecule has 1 aliphatic heterocycles. The molecular formula is C28H32N2O5. The Labute approximate surface area is 205 Å². The van der Waals surface area contributed by atoms with Crippen LogP contribution in [0.5, 0.6) is 0 Å². The van der Waals surface area contributed by atoms with Crippen molar-refractivity contribution in [1.82, 2.24) is 10.2 Å². The van der Waals surface area contributed by atoms with Crippen LogP contribution in [0.15, 0.2) is 48.5 Å². The first-order chi connectivity index (χ1) is 16.7. The van der Waals surface area contributed by atoms with Gasteiger partial charge in [-0.15, -0.1) is 0 Å². The average molecular weight is 477 g/mol. The molecule has 4 atom stereocenters. The molecule has 1 heterocycles. The molecule has 1 saturated carbocycles. The number of carbonyl (C=O) groups is 3. The summed E-state index contributed by atoms with van der Waals surface area (Å²) in [4.78, 5) is 39.4. The minimum atomic E-state index is -0.779. The van der Waals surface area contributed by atoms with E-state index in [0.29, 0.717) is 19.5 Å².